The van der Waals surface area contributed by atoms with Gasteiger partial charge in [-0.1, -0.05) is 0 Å². The van der Waals surface area contributed by atoms with E-state index in [-0.39, 0.29) is 5.91 Å². The Hall–Kier alpha value is -2.52. The predicted molar refractivity (Wildman–Crippen MR) is 104 cm³/mol. The maximum Gasteiger partial charge on any atom is 0.257 e. The molecule has 9 nitrogen and oxygen atoms in total. The van der Waals surface area contributed by atoms with Gasteiger partial charge in [-0.15, -0.1) is 10.2 Å². The van der Waals surface area contributed by atoms with Crippen LogP contribution in [0.15, 0.2) is 18.3 Å². The van der Waals surface area contributed by atoms with E-state index >= 15 is 0 Å². The summed E-state index contributed by atoms with van der Waals surface area (Å²) in [6, 6.07) is 4.01. The fourth-order valence-corrected chi connectivity index (χ4v) is 3.94. The van der Waals surface area contributed by atoms with Gasteiger partial charge in [0.15, 0.2) is 5.82 Å². The van der Waals surface area contributed by atoms with Gasteiger partial charge in [0.1, 0.15) is 0 Å². The summed E-state index contributed by atoms with van der Waals surface area (Å²) in [6.07, 6.45) is 2.66. The molecule has 1 N–H and O–H groups in total. The highest BCUT2D eigenvalue weighted by Crippen LogP contribution is 2.21. The van der Waals surface area contributed by atoms with E-state index in [1.165, 1.54) is 0 Å². The molecular formula is C19H27N7O2. The van der Waals surface area contributed by atoms with Crippen molar-refractivity contribution in [1.82, 2.24) is 35.1 Å². The molecule has 2 aromatic rings. The molecule has 1 unspecified atom stereocenters. The molecule has 2 aliphatic heterocycles. The third kappa shape index (κ3) is 3.72. The molecule has 1 amide bonds. The van der Waals surface area contributed by atoms with Crippen LogP contribution in [-0.4, -0.2) is 87.6 Å². The number of aromatic nitrogens is 4. The van der Waals surface area contributed by atoms with E-state index in [0.29, 0.717) is 29.9 Å². The molecule has 28 heavy (non-hydrogen) atoms. The van der Waals surface area contributed by atoms with Gasteiger partial charge in [-0.2, -0.15) is 5.10 Å². The minimum Gasteiger partial charge on any atom is -0.477 e. The second-order valence-electron chi connectivity index (χ2n) is 7.20. The first-order valence-corrected chi connectivity index (χ1v) is 9.93. The van der Waals surface area contributed by atoms with Crippen LogP contribution in [0.3, 0.4) is 0 Å². The highest BCUT2D eigenvalue weighted by Gasteiger charge is 2.32. The quantitative estimate of drug-likeness (QED) is 0.801. The van der Waals surface area contributed by atoms with Gasteiger partial charge in [0.25, 0.3) is 5.91 Å². The zero-order valence-corrected chi connectivity index (χ0v) is 16.5. The van der Waals surface area contributed by atoms with Crippen LogP contribution in [0.1, 0.15) is 29.4 Å². The second kappa shape index (κ2) is 8.24. The van der Waals surface area contributed by atoms with Crippen molar-refractivity contribution in [2.75, 3.05) is 45.9 Å². The fourth-order valence-electron chi connectivity index (χ4n) is 3.94. The van der Waals surface area contributed by atoms with E-state index in [1.807, 2.05) is 18.7 Å². The summed E-state index contributed by atoms with van der Waals surface area (Å²) in [7, 11) is 0. The lowest BCUT2D eigenvalue weighted by atomic mass is 10.2. The van der Waals surface area contributed by atoms with Crippen LogP contribution in [-0.2, 0) is 0 Å². The molecule has 4 heterocycles. The molecular weight excluding hydrogens is 358 g/mol. The molecule has 1 atom stereocenters. The number of amides is 1. The summed E-state index contributed by atoms with van der Waals surface area (Å²) >= 11 is 0. The average molecular weight is 385 g/mol. The molecule has 0 aliphatic carbocycles. The van der Waals surface area contributed by atoms with Crippen LogP contribution in [0.2, 0.25) is 0 Å². The van der Waals surface area contributed by atoms with E-state index in [0.717, 1.165) is 51.4 Å². The number of piperazine rings is 1. The Morgan fingerprint density at radius 1 is 1.25 bits per heavy atom. The van der Waals surface area contributed by atoms with Crippen molar-refractivity contribution >= 4 is 5.91 Å². The highest BCUT2D eigenvalue weighted by atomic mass is 16.5. The Bertz CT molecular complexity index is 814. The Morgan fingerprint density at radius 3 is 2.79 bits per heavy atom. The van der Waals surface area contributed by atoms with Crippen LogP contribution in [0.5, 0.6) is 5.88 Å². The number of likely N-dealkylation sites (tertiary alicyclic amines) is 1. The van der Waals surface area contributed by atoms with Gasteiger partial charge in [0.05, 0.1) is 24.1 Å². The SMILES string of the molecule is CCOc1ccc(-n2ncc(C(=O)N3CCC(N4CCNCC4)C3)c2C)nn1. The third-order valence-electron chi connectivity index (χ3n) is 5.49. The molecule has 2 fully saturated rings. The monoisotopic (exact) mass is 385 g/mol. The Balaban J connectivity index is 1.45. The maximum atomic E-state index is 13.1. The number of nitrogens with one attached hydrogen (secondary N) is 1. The number of rotatable bonds is 5. The number of carbonyl (C=O) groups excluding carboxylic acids is 1. The summed E-state index contributed by atoms with van der Waals surface area (Å²) in [6.45, 7) is 10.1. The van der Waals surface area contributed by atoms with E-state index in [4.69, 9.17) is 4.74 Å². The van der Waals surface area contributed by atoms with Gasteiger partial charge >= 0.3 is 0 Å². The number of carbonyl (C=O) groups is 1. The minimum absolute atomic E-state index is 0.0419. The molecule has 4 rings (SSSR count). The first kappa shape index (κ1) is 18.8. The Morgan fingerprint density at radius 2 is 2.07 bits per heavy atom. The standard InChI is InChI=1S/C19H27N7O2/c1-3-28-18-5-4-17(22-23-18)26-14(2)16(12-21-26)19(27)25-9-6-15(13-25)24-10-7-20-8-11-24/h4-5,12,15,20H,3,6-11,13H2,1-2H3. The van der Waals surface area contributed by atoms with Crippen LogP contribution >= 0.6 is 0 Å². The van der Waals surface area contributed by atoms with Crippen LogP contribution in [0, 0.1) is 6.92 Å². The number of hydrogen-bond donors (Lipinski definition) is 1. The Kier molecular flexibility index (Phi) is 5.54. The van der Waals surface area contributed by atoms with Gasteiger partial charge in [0, 0.05) is 51.4 Å². The lowest BCUT2D eigenvalue weighted by Crippen LogP contribution is -2.49. The summed E-state index contributed by atoms with van der Waals surface area (Å²) in [4.78, 5) is 17.5. The van der Waals surface area contributed by atoms with Gasteiger partial charge in [-0.3, -0.25) is 9.69 Å². The van der Waals surface area contributed by atoms with Crippen molar-refractivity contribution in [1.29, 1.82) is 0 Å². The van der Waals surface area contributed by atoms with E-state index < -0.39 is 0 Å². The largest absolute Gasteiger partial charge is 0.477 e. The smallest absolute Gasteiger partial charge is 0.257 e. The van der Waals surface area contributed by atoms with Crippen LogP contribution < -0.4 is 10.1 Å². The van der Waals surface area contributed by atoms with Crippen molar-refractivity contribution < 1.29 is 9.53 Å². The molecule has 2 aromatic heterocycles. The topological polar surface area (TPSA) is 88.4 Å². The van der Waals surface area contributed by atoms with Crippen molar-refractivity contribution in [2.24, 2.45) is 0 Å². The third-order valence-corrected chi connectivity index (χ3v) is 5.49. The van der Waals surface area contributed by atoms with Crippen LogP contribution in [0.4, 0.5) is 0 Å². The van der Waals surface area contributed by atoms with Crippen molar-refractivity contribution in [3.8, 4) is 11.7 Å². The second-order valence-corrected chi connectivity index (χ2v) is 7.20. The number of ether oxygens (including phenoxy) is 1. The molecule has 0 radical (unpaired) electrons. The molecule has 9 heteroatoms. The number of nitrogens with zero attached hydrogens (tertiary/aromatic N) is 6. The first-order valence-electron chi connectivity index (χ1n) is 9.93. The van der Waals surface area contributed by atoms with Crippen LogP contribution in [0.25, 0.3) is 5.82 Å². The maximum absolute atomic E-state index is 13.1. The fraction of sp³-hybridized carbons (Fsp3) is 0.579. The summed E-state index contributed by atoms with van der Waals surface area (Å²) < 4.78 is 6.98. The Labute approximate surface area is 164 Å². The molecule has 2 saturated heterocycles. The van der Waals surface area contributed by atoms with E-state index in [9.17, 15) is 4.79 Å². The average Bonchev–Trinajstić information content (AvgIpc) is 3.36. The predicted octanol–water partition coefficient (Wildman–Crippen LogP) is 0.489. The van der Waals surface area contributed by atoms with Crippen molar-refractivity contribution in [2.45, 2.75) is 26.3 Å². The summed E-state index contributed by atoms with van der Waals surface area (Å²) in [5.41, 5.74) is 1.39. The minimum atomic E-state index is 0.0419. The zero-order chi connectivity index (χ0) is 19.5. The van der Waals surface area contributed by atoms with E-state index in [1.54, 1.807) is 23.0 Å². The molecule has 0 spiro atoms. The van der Waals surface area contributed by atoms with Gasteiger partial charge in [-0.05, 0) is 26.3 Å². The van der Waals surface area contributed by atoms with Gasteiger partial charge in [-0.25, -0.2) is 4.68 Å². The molecule has 0 saturated carbocycles. The summed E-state index contributed by atoms with van der Waals surface area (Å²) in [5, 5.41) is 16.0. The molecule has 2 aliphatic rings. The lowest BCUT2D eigenvalue weighted by Gasteiger charge is -2.32. The summed E-state index contributed by atoms with van der Waals surface area (Å²) in [5.74, 6) is 1.09. The molecule has 0 aromatic carbocycles. The zero-order valence-electron chi connectivity index (χ0n) is 16.5. The number of hydrogen-bond acceptors (Lipinski definition) is 7. The van der Waals surface area contributed by atoms with E-state index in [2.05, 4.69) is 25.5 Å². The lowest BCUT2D eigenvalue weighted by molar-refractivity contribution is 0.0772. The molecule has 150 valence electrons. The molecule has 0 bridgehead atoms. The first-order chi connectivity index (χ1) is 13.7. The van der Waals surface area contributed by atoms with Gasteiger partial charge < -0.3 is 15.0 Å². The van der Waals surface area contributed by atoms with Crippen molar-refractivity contribution in [3.05, 3.63) is 29.6 Å². The highest BCUT2D eigenvalue weighted by molar-refractivity contribution is 5.95. The van der Waals surface area contributed by atoms with Crippen molar-refractivity contribution in [3.63, 3.8) is 0 Å². The van der Waals surface area contributed by atoms with Gasteiger partial charge in [0.2, 0.25) is 5.88 Å². The normalized spacial score (nSPS) is 20.5.